The van der Waals surface area contributed by atoms with E-state index in [0.717, 1.165) is 10.4 Å². The number of methoxy groups -OCH3 is 1. The van der Waals surface area contributed by atoms with Crippen LogP contribution in [0.3, 0.4) is 0 Å². The minimum Gasteiger partial charge on any atom is -0.495 e. The van der Waals surface area contributed by atoms with Crippen molar-refractivity contribution in [3.63, 3.8) is 0 Å². The largest absolute Gasteiger partial charge is 0.495 e. The van der Waals surface area contributed by atoms with E-state index in [4.69, 9.17) is 27.9 Å². The molecule has 0 aliphatic carbocycles. The molecule has 1 unspecified atom stereocenters. The minimum atomic E-state index is -0.198. The van der Waals surface area contributed by atoms with E-state index in [1.54, 1.807) is 18.4 Å². The molecule has 3 aromatic rings. The molecule has 0 fully saturated rings. The highest BCUT2D eigenvalue weighted by molar-refractivity contribution is 7.19. The van der Waals surface area contributed by atoms with Crippen LogP contribution < -0.4 is 4.74 Å². The lowest BCUT2D eigenvalue weighted by molar-refractivity contribution is 0.415. The fourth-order valence-electron chi connectivity index (χ4n) is 2.13. The van der Waals surface area contributed by atoms with Gasteiger partial charge in [0.1, 0.15) is 5.75 Å². The van der Waals surface area contributed by atoms with Gasteiger partial charge in [0, 0.05) is 9.58 Å². The van der Waals surface area contributed by atoms with Crippen LogP contribution in [0.2, 0.25) is 5.02 Å². The van der Waals surface area contributed by atoms with Crippen molar-refractivity contribution in [2.75, 3.05) is 7.11 Å². The summed E-state index contributed by atoms with van der Waals surface area (Å²) < 4.78 is 6.40. The molecule has 0 aliphatic rings. The quantitative estimate of drug-likeness (QED) is 0.546. The van der Waals surface area contributed by atoms with Crippen LogP contribution >= 0.6 is 34.5 Å². The van der Waals surface area contributed by atoms with Crippen LogP contribution in [0, 0.1) is 0 Å². The number of fused-ring (bicyclic) bond motifs is 1. The Hall–Kier alpha value is -1.22. The highest BCUT2D eigenvalue weighted by atomic mass is 35.5. The first-order valence-electron chi connectivity index (χ1n) is 6.15. The van der Waals surface area contributed by atoms with Crippen molar-refractivity contribution in [2.24, 2.45) is 0 Å². The molecular formula is C16H12Cl2OS. The Morgan fingerprint density at radius 3 is 2.60 bits per heavy atom. The van der Waals surface area contributed by atoms with Gasteiger partial charge in [0.2, 0.25) is 0 Å². The molecule has 0 bridgehead atoms. The lowest BCUT2D eigenvalue weighted by atomic mass is 10.1. The van der Waals surface area contributed by atoms with E-state index in [2.05, 4.69) is 18.2 Å². The molecule has 1 atom stereocenters. The van der Waals surface area contributed by atoms with E-state index in [9.17, 15) is 0 Å². The minimum absolute atomic E-state index is 0.198. The van der Waals surface area contributed by atoms with Crippen molar-refractivity contribution in [3.8, 4) is 5.75 Å². The van der Waals surface area contributed by atoms with Crippen molar-refractivity contribution in [3.05, 3.63) is 64.0 Å². The van der Waals surface area contributed by atoms with Crippen molar-refractivity contribution >= 4 is 44.6 Å². The molecule has 1 heterocycles. The van der Waals surface area contributed by atoms with Gasteiger partial charge in [-0.05, 0) is 35.2 Å². The Labute approximate surface area is 131 Å². The molecule has 0 radical (unpaired) electrons. The third-order valence-corrected chi connectivity index (χ3v) is 5.26. The molecule has 4 heteroatoms. The maximum atomic E-state index is 6.58. The summed E-state index contributed by atoms with van der Waals surface area (Å²) in [6.45, 7) is 0. The lowest BCUT2D eigenvalue weighted by Gasteiger charge is -2.10. The summed E-state index contributed by atoms with van der Waals surface area (Å²) in [7, 11) is 1.60. The highest BCUT2D eigenvalue weighted by Gasteiger charge is 2.15. The Balaban J connectivity index is 1.99. The van der Waals surface area contributed by atoms with Crippen LogP contribution in [0.1, 0.15) is 15.8 Å². The second-order valence-electron chi connectivity index (χ2n) is 4.44. The monoisotopic (exact) mass is 322 g/mol. The number of halogens is 2. The van der Waals surface area contributed by atoms with Gasteiger partial charge < -0.3 is 4.74 Å². The summed E-state index contributed by atoms with van der Waals surface area (Å²) in [5, 5.41) is 1.60. The number of hydrogen-bond acceptors (Lipinski definition) is 2. The highest BCUT2D eigenvalue weighted by Crippen LogP contribution is 2.39. The number of alkyl halides is 1. The topological polar surface area (TPSA) is 9.23 Å². The van der Waals surface area contributed by atoms with Gasteiger partial charge in [-0.1, -0.05) is 35.9 Å². The van der Waals surface area contributed by atoms with Gasteiger partial charge in [0.15, 0.2) is 0 Å². The van der Waals surface area contributed by atoms with Crippen molar-refractivity contribution in [2.45, 2.75) is 5.38 Å². The van der Waals surface area contributed by atoms with Gasteiger partial charge in [0.25, 0.3) is 0 Å². The van der Waals surface area contributed by atoms with Crippen LogP contribution in [0.5, 0.6) is 5.75 Å². The zero-order valence-electron chi connectivity index (χ0n) is 10.8. The first kappa shape index (κ1) is 13.7. The molecule has 1 nitrogen and oxygen atoms in total. The maximum absolute atomic E-state index is 6.58. The predicted molar refractivity (Wildman–Crippen MR) is 87.5 cm³/mol. The molecule has 2 aromatic carbocycles. The summed E-state index contributed by atoms with van der Waals surface area (Å²) in [6.07, 6.45) is 0. The summed E-state index contributed by atoms with van der Waals surface area (Å²) in [5.41, 5.74) is 0.976. The van der Waals surface area contributed by atoms with Crippen molar-refractivity contribution in [1.82, 2.24) is 0 Å². The first-order chi connectivity index (χ1) is 9.69. The van der Waals surface area contributed by atoms with Crippen LogP contribution in [0.25, 0.3) is 10.1 Å². The van der Waals surface area contributed by atoms with E-state index in [1.165, 1.54) is 10.1 Å². The van der Waals surface area contributed by atoms with Gasteiger partial charge in [-0.2, -0.15) is 0 Å². The van der Waals surface area contributed by atoms with Crippen LogP contribution in [0.15, 0.2) is 48.5 Å². The van der Waals surface area contributed by atoms with Crippen molar-refractivity contribution in [1.29, 1.82) is 0 Å². The van der Waals surface area contributed by atoms with Gasteiger partial charge in [-0.3, -0.25) is 0 Å². The zero-order chi connectivity index (χ0) is 14.1. The summed E-state index contributed by atoms with van der Waals surface area (Å²) in [5.74, 6) is 0.663. The molecule has 0 saturated heterocycles. The molecule has 0 spiro atoms. The van der Waals surface area contributed by atoms with E-state index < -0.39 is 0 Å². The summed E-state index contributed by atoms with van der Waals surface area (Å²) in [4.78, 5) is 1.12. The third-order valence-electron chi connectivity index (χ3n) is 3.16. The molecule has 0 aliphatic heterocycles. The molecule has 1 aromatic heterocycles. The normalized spacial score (nSPS) is 12.6. The maximum Gasteiger partial charge on any atom is 0.137 e. The number of hydrogen-bond donors (Lipinski definition) is 0. The number of rotatable bonds is 3. The van der Waals surface area contributed by atoms with Crippen LogP contribution in [-0.4, -0.2) is 7.11 Å². The molecule has 0 amide bonds. The molecular weight excluding hydrogens is 311 g/mol. The van der Waals surface area contributed by atoms with E-state index >= 15 is 0 Å². The number of ether oxygens (including phenoxy) is 1. The fraction of sp³-hybridized carbons (Fsp3) is 0.125. The first-order valence-corrected chi connectivity index (χ1v) is 7.78. The fourth-order valence-corrected chi connectivity index (χ4v) is 3.80. The SMILES string of the molecule is COc1ccc(C(Cl)c2cc3ccccc3s2)cc1Cl. The Morgan fingerprint density at radius 1 is 1.10 bits per heavy atom. The number of benzene rings is 2. The lowest BCUT2D eigenvalue weighted by Crippen LogP contribution is -1.91. The Bertz CT molecular complexity index is 718. The van der Waals surface area contributed by atoms with E-state index in [-0.39, 0.29) is 5.38 Å². The molecule has 102 valence electrons. The molecule has 0 saturated carbocycles. The van der Waals surface area contributed by atoms with E-state index in [1.807, 2.05) is 30.3 Å². The summed E-state index contributed by atoms with van der Waals surface area (Å²) in [6, 6.07) is 16.1. The smallest absolute Gasteiger partial charge is 0.137 e. The molecule has 3 rings (SSSR count). The van der Waals surface area contributed by atoms with Crippen LogP contribution in [0.4, 0.5) is 0 Å². The average molecular weight is 323 g/mol. The average Bonchev–Trinajstić information content (AvgIpc) is 2.90. The standard InChI is InChI=1S/C16H12Cl2OS/c1-19-13-7-6-11(8-12(13)17)16(18)15-9-10-4-2-3-5-14(10)20-15/h2-9,16H,1H3. The van der Waals surface area contributed by atoms with Gasteiger partial charge in [-0.25, -0.2) is 0 Å². The Kier molecular flexibility index (Phi) is 3.88. The van der Waals surface area contributed by atoms with Gasteiger partial charge in [0.05, 0.1) is 17.5 Å². The predicted octanol–water partition coefficient (Wildman–Crippen LogP) is 5.89. The number of thiophene rings is 1. The van der Waals surface area contributed by atoms with Crippen LogP contribution in [-0.2, 0) is 0 Å². The summed E-state index contributed by atoms with van der Waals surface area (Å²) >= 11 is 14.5. The zero-order valence-corrected chi connectivity index (χ0v) is 13.1. The molecule has 0 N–H and O–H groups in total. The third kappa shape index (κ3) is 2.51. The second-order valence-corrected chi connectivity index (χ2v) is 6.40. The Morgan fingerprint density at radius 2 is 1.90 bits per heavy atom. The van der Waals surface area contributed by atoms with Gasteiger partial charge >= 0.3 is 0 Å². The molecule has 20 heavy (non-hydrogen) atoms. The van der Waals surface area contributed by atoms with Gasteiger partial charge in [-0.15, -0.1) is 22.9 Å². The second kappa shape index (κ2) is 5.65. The van der Waals surface area contributed by atoms with Crippen molar-refractivity contribution < 1.29 is 4.74 Å². The van der Waals surface area contributed by atoms with E-state index in [0.29, 0.717) is 10.8 Å².